The molecule has 2 rings (SSSR count). The van der Waals surface area contributed by atoms with Gasteiger partial charge in [0.05, 0.1) is 0 Å². The van der Waals surface area contributed by atoms with Crippen molar-refractivity contribution in [3.8, 4) is 0 Å². The largest absolute Gasteiger partial charge is 0.357 e. The first-order valence-electron chi connectivity index (χ1n) is 9.57. The monoisotopic (exact) mass is 476 g/mol. The fraction of sp³-hybridized carbons (Fsp3) is 0.722. The second-order valence-corrected chi connectivity index (χ2v) is 6.44. The smallest absolute Gasteiger partial charge is 0.223 e. The summed E-state index contributed by atoms with van der Waals surface area (Å²) in [4.78, 5) is 16.7. The molecule has 0 radical (unpaired) electrons. The van der Waals surface area contributed by atoms with E-state index in [0.717, 1.165) is 44.9 Å². The SMILES string of the molecule is CCNC(=NCCCn1cccn1)NCCNC(=O)C1CCCCC1.I. The van der Waals surface area contributed by atoms with Crippen molar-refractivity contribution in [1.29, 1.82) is 0 Å². The second-order valence-electron chi connectivity index (χ2n) is 6.44. The Morgan fingerprint density at radius 2 is 1.96 bits per heavy atom. The van der Waals surface area contributed by atoms with Crippen LogP contribution in [0.15, 0.2) is 23.5 Å². The summed E-state index contributed by atoms with van der Waals surface area (Å²) in [6.07, 6.45) is 10.4. The third-order valence-electron chi connectivity index (χ3n) is 4.41. The predicted molar refractivity (Wildman–Crippen MR) is 116 cm³/mol. The third-order valence-corrected chi connectivity index (χ3v) is 4.41. The van der Waals surface area contributed by atoms with Crippen molar-refractivity contribution in [1.82, 2.24) is 25.7 Å². The van der Waals surface area contributed by atoms with Gasteiger partial charge in [-0.25, -0.2) is 0 Å². The van der Waals surface area contributed by atoms with Crippen molar-refractivity contribution < 1.29 is 4.79 Å². The van der Waals surface area contributed by atoms with Gasteiger partial charge in [-0.15, -0.1) is 24.0 Å². The van der Waals surface area contributed by atoms with Crippen LogP contribution in [0.4, 0.5) is 0 Å². The van der Waals surface area contributed by atoms with Gasteiger partial charge in [0.2, 0.25) is 5.91 Å². The summed E-state index contributed by atoms with van der Waals surface area (Å²) >= 11 is 0. The molecule has 1 aromatic heterocycles. The first-order valence-corrected chi connectivity index (χ1v) is 9.57. The minimum atomic E-state index is 0. The Kier molecular flexibility index (Phi) is 12.1. The minimum absolute atomic E-state index is 0. The molecule has 0 aliphatic heterocycles. The molecule has 0 spiro atoms. The first-order chi connectivity index (χ1) is 12.3. The number of carbonyl (C=O) groups is 1. The number of carbonyl (C=O) groups excluding carboxylic acids is 1. The molecule has 1 aliphatic rings. The first kappa shape index (κ1) is 22.7. The molecule has 8 heteroatoms. The van der Waals surface area contributed by atoms with Crippen molar-refractivity contribution in [3.05, 3.63) is 18.5 Å². The van der Waals surface area contributed by atoms with E-state index in [2.05, 4.69) is 26.0 Å². The molecule has 1 heterocycles. The van der Waals surface area contributed by atoms with Crippen LogP contribution < -0.4 is 16.0 Å². The van der Waals surface area contributed by atoms with Crippen molar-refractivity contribution in [2.45, 2.75) is 52.0 Å². The van der Waals surface area contributed by atoms with Gasteiger partial charge in [-0.3, -0.25) is 14.5 Å². The summed E-state index contributed by atoms with van der Waals surface area (Å²) in [5.41, 5.74) is 0. The van der Waals surface area contributed by atoms with Crippen LogP contribution >= 0.6 is 24.0 Å². The lowest BCUT2D eigenvalue weighted by atomic mass is 9.89. The molecule has 26 heavy (non-hydrogen) atoms. The fourth-order valence-electron chi connectivity index (χ4n) is 3.07. The maximum atomic E-state index is 12.1. The van der Waals surface area contributed by atoms with Crippen LogP contribution in [0.1, 0.15) is 45.4 Å². The predicted octanol–water partition coefficient (Wildman–Crippen LogP) is 2.14. The van der Waals surface area contributed by atoms with Crippen LogP contribution in [0.2, 0.25) is 0 Å². The summed E-state index contributed by atoms with van der Waals surface area (Å²) < 4.78 is 1.91. The summed E-state index contributed by atoms with van der Waals surface area (Å²) in [6.45, 7) is 5.79. The Bertz CT molecular complexity index is 514. The average molecular weight is 476 g/mol. The molecule has 0 unspecified atom stereocenters. The Balaban J connectivity index is 0.00000338. The molecule has 1 aliphatic carbocycles. The molecule has 0 saturated heterocycles. The number of guanidine groups is 1. The Hall–Kier alpha value is -1.32. The zero-order chi connectivity index (χ0) is 17.7. The number of nitrogens with one attached hydrogen (secondary N) is 3. The molecule has 0 atom stereocenters. The number of amides is 1. The molecule has 1 saturated carbocycles. The van der Waals surface area contributed by atoms with Crippen LogP contribution in [0.5, 0.6) is 0 Å². The van der Waals surface area contributed by atoms with E-state index in [1.165, 1.54) is 19.3 Å². The summed E-state index contributed by atoms with van der Waals surface area (Å²) in [6, 6.07) is 1.93. The highest BCUT2D eigenvalue weighted by Crippen LogP contribution is 2.23. The van der Waals surface area contributed by atoms with Gasteiger partial charge in [-0.05, 0) is 32.3 Å². The van der Waals surface area contributed by atoms with E-state index in [4.69, 9.17) is 0 Å². The second kappa shape index (κ2) is 13.8. The average Bonchev–Trinajstić information content (AvgIpc) is 3.16. The molecule has 1 amide bonds. The van der Waals surface area contributed by atoms with Crippen molar-refractivity contribution in [3.63, 3.8) is 0 Å². The number of aryl methyl sites for hydroxylation is 1. The number of halogens is 1. The third kappa shape index (κ3) is 8.86. The van der Waals surface area contributed by atoms with Gasteiger partial charge >= 0.3 is 0 Å². The molecular weight excluding hydrogens is 443 g/mol. The van der Waals surface area contributed by atoms with E-state index in [9.17, 15) is 4.79 Å². The van der Waals surface area contributed by atoms with E-state index in [-0.39, 0.29) is 35.8 Å². The lowest BCUT2D eigenvalue weighted by molar-refractivity contribution is -0.125. The van der Waals surface area contributed by atoms with Gasteiger partial charge in [0.15, 0.2) is 5.96 Å². The van der Waals surface area contributed by atoms with Crippen LogP contribution in [0.25, 0.3) is 0 Å². The molecule has 1 fully saturated rings. The maximum Gasteiger partial charge on any atom is 0.223 e. The van der Waals surface area contributed by atoms with Crippen molar-refractivity contribution >= 4 is 35.8 Å². The van der Waals surface area contributed by atoms with E-state index in [1.807, 2.05) is 23.9 Å². The van der Waals surface area contributed by atoms with E-state index in [1.54, 1.807) is 6.20 Å². The number of nitrogens with zero attached hydrogens (tertiary/aromatic N) is 3. The molecule has 7 nitrogen and oxygen atoms in total. The van der Waals surface area contributed by atoms with Gasteiger partial charge in [0.25, 0.3) is 0 Å². The standard InChI is InChI=1S/C18H32N6O.HI/c1-2-19-18(21-10-6-14-24-15-7-11-23-24)22-13-12-20-17(25)16-8-4-3-5-9-16;/h7,11,15-16H,2-6,8-10,12-14H2,1H3,(H,20,25)(H2,19,21,22);1H. The van der Waals surface area contributed by atoms with Crippen LogP contribution in [-0.2, 0) is 11.3 Å². The summed E-state index contributed by atoms with van der Waals surface area (Å²) in [5.74, 6) is 1.23. The number of hydrogen-bond acceptors (Lipinski definition) is 3. The number of aliphatic imine (C=N–C) groups is 1. The highest BCUT2D eigenvalue weighted by Gasteiger charge is 2.20. The Morgan fingerprint density at radius 1 is 1.19 bits per heavy atom. The van der Waals surface area contributed by atoms with Crippen molar-refractivity contribution in [2.24, 2.45) is 10.9 Å². The topological polar surface area (TPSA) is 83.3 Å². The Morgan fingerprint density at radius 3 is 2.65 bits per heavy atom. The minimum Gasteiger partial charge on any atom is -0.357 e. The zero-order valence-electron chi connectivity index (χ0n) is 15.7. The maximum absolute atomic E-state index is 12.1. The number of aromatic nitrogens is 2. The molecular formula is C18H33IN6O. The molecule has 1 aromatic rings. The molecule has 3 N–H and O–H groups in total. The molecule has 0 aromatic carbocycles. The van der Waals surface area contributed by atoms with Gasteiger partial charge < -0.3 is 16.0 Å². The van der Waals surface area contributed by atoms with E-state index < -0.39 is 0 Å². The number of hydrogen-bond donors (Lipinski definition) is 3. The van der Waals surface area contributed by atoms with Gasteiger partial charge in [0, 0.05) is 51.0 Å². The summed E-state index contributed by atoms with van der Waals surface area (Å²) in [5, 5.41) is 13.7. The van der Waals surface area contributed by atoms with Crippen LogP contribution in [0, 0.1) is 5.92 Å². The lowest BCUT2D eigenvalue weighted by Gasteiger charge is -2.21. The van der Waals surface area contributed by atoms with Crippen molar-refractivity contribution in [2.75, 3.05) is 26.2 Å². The van der Waals surface area contributed by atoms with Gasteiger partial charge in [-0.2, -0.15) is 5.10 Å². The highest BCUT2D eigenvalue weighted by atomic mass is 127. The molecule has 0 bridgehead atoms. The molecule has 148 valence electrons. The van der Waals surface area contributed by atoms with E-state index in [0.29, 0.717) is 13.1 Å². The van der Waals surface area contributed by atoms with Crippen LogP contribution in [0.3, 0.4) is 0 Å². The fourth-order valence-corrected chi connectivity index (χ4v) is 3.07. The normalized spacial score (nSPS) is 15.2. The zero-order valence-corrected chi connectivity index (χ0v) is 18.1. The highest BCUT2D eigenvalue weighted by molar-refractivity contribution is 14.0. The number of rotatable bonds is 9. The lowest BCUT2D eigenvalue weighted by Crippen LogP contribution is -2.42. The Labute approximate surface area is 173 Å². The quantitative estimate of drug-likeness (QED) is 0.221. The van der Waals surface area contributed by atoms with Gasteiger partial charge in [0.1, 0.15) is 0 Å². The van der Waals surface area contributed by atoms with Crippen LogP contribution in [-0.4, -0.2) is 47.8 Å². The van der Waals surface area contributed by atoms with Gasteiger partial charge in [-0.1, -0.05) is 19.3 Å². The summed E-state index contributed by atoms with van der Waals surface area (Å²) in [7, 11) is 0. The van der Waals surface area contributed by atoms with E-state index >= 15 is 0 Å².